The number of thiol groups is 1. The smallest absolute Gasteiger partial charge is 0.145 e. The normalized spacial score (nSPS) is 12.2. The highest BCUT2D eigenvalue weighted by molar-refractivity contribution is 7.81. The number of fused-ring (bicyclic) bond motifs is 1. The van der Waals surface area contributed by atoms with Gasteiger partial charge < -0.3 is 0 Å². The van der Waals surface area contributed by atoms with Crippen molar-refractivity contribution in [1.29, 1.82) is 0 Å². The van der Waals surface area contributed by atoms with Gasteiger partial charge in [0, 0.05) is 11.6 Å². The van der Waals surface area contributed by atoms with E-state index in [9.17, 15) is 0 Å². The van der Waals surface area contributed by atoms with Gasteiger partial charge in [0.05, 0.1) is 4.75 Å². The molecular formula is C9H10N2S2. The highest BCUT2D eigenvalue weighted by Crippen LogP contribution is 2.26. The fourth-order valence-electron chi connectivity index (χ4n) is 1.05. The second-order valence-electron chi connectivity index (χ2n) is 3.43. The molecule has 0 aliphatic carbocycles. The Morgan fingerprint density at radius 1 is 1.46 bits per heavy atom. The maximum Gasteiger partial charge on any atom is 0.145 e. The first-order valence-electron chi connectivity index (χ1n) is 4.00. The van der Waals surface area contributed by atoms with Crippen LogP contribution < -0.4 is 0 Å². The molecule has 0 amide bonds. The maximum atomic E-state index is 4.44. The van der Waals surface area contributed by atoms with Crippen molar-refractivity contribution in [3.05, 3.63) is 23.5 Å². The molecule has 0 radical (unpaired) electrons. The van der Waals surface area contributed by atoms with Gasteiger partial charge in [-0.2, -0.15) is 12.6 Å². The minimum Gasteiger partial charge on any atom is -0.239 e. The Labute approximate surface area is 86.4 Å². The van der Waals surface area contributed by atoms with Crippen LogP contribution in [0.5, 0.6) is 0 Å². The van der Waals surface area contributed by atoms with Crippen molar-refractivity contribution in [2.75, 3.05) is 0 Å². The van der Waals surface area contributed by atoms with Crippen molar-refractivity contribution in [2.45, 2.75) is 18.6 Å². The van der Waals surface area contributed by atoms with E-state index >= 15 is 0 Å². The van der Waals surface area contributed by atoms with E-state index in [4.69, 9.17) is 0 Å². The lowest BCUT2D eigenvalue weighted by Crippen LogP contribution is -2.12. The molecule has 2 nitrogen and oxygen atoms in total. The fourth-order valence-corrected chi connectivity index (χ4v) is 1.90. The van der Waals surface area contributed by atoms with E-state index in [0.717, 1.165) is 16.0 Å². The van der Waals surface area contributed by atoms with Crippen molar-refractivity contribution in [3.8, 4) is 0 Å². The second kappa shape index (κ2) is 2.96. The first-order valence-corrected chi connectivity index (χ1v) is 5.33. The lowest BCUT2D eigenvalue weighted by atomic mass is 10.2. The fraction of sp³-hybridized carbons (Fsp3) is 0.333. The van der Waals surface area contributed by atoms with Crippen LogP contribution in [0.1, 0.15) is 19.7 Å². The Kier molecular flexibility index (Phi) is 2.04. The third kappa shape index (κ3) is 1.69. The molecule has 0 saturated carbocycles. The average molecular weight is 210 g/mol. The summed E-state index contributed by atoms with van der Waals surface area (Å²) < 4.78 is -0.266. The van der Waals surface area contributed by atoms with Gasteiger partial charge in [-0.05, 0) is 25.3 Å². The molecule has 2 aromatic rings. The molecule has 0 aliphatic rings. The summed E-state index contributed by atoms with van der Waals surface area (Å²) in [4.78, 5) is 9.74. The van der Waals surface area contributed by atoms with Crippen LogP contribution in [0.3, 0.4) is 0 Å². The number of thiophene rings is 1. The molecule has 0 unspecified atom stereocenters. The van der Waals surface area contributed by atoms with Crippen LogP contribution in [0.2, 0.25) is 0 Å². The molecule has 2 rings (SSSR count). The SMILES string of the molecule is CC(C)(S)c1ncc2ccsc2n1. The van der Waals surface area contributed by atoms with E-state index < -0.39 is 0 Å². The summed E-state index contributed by atoms with van der Waals surface area (Å²) in [5.41, 5.74) is 0. The molecule has 2 heterocycles. The van der Waals surface area contributed by atoms with Crippen molar-refractivity contribution >= 4 is 34.2 Å². The van der Waals surface area contributed by atoms with E-state index in [0.29, 0.717) is 0 Å². The van der Waals surface area contributed by atoms with Gasteiger partial charge in [0.2, 0.25) is 0 Å². The zero-order valence-electron chi connectivity index (χ0n) is 7.48. The van der Waals surface area contributed by atoms with Crippen LogP contribution in [-0.4, -0.2) is 9.97 Å². The molecule has 0 spiro atoms. The molecular weight excluding hydrogens is 200 g/mol. The largest absolute Gasteiger partial charge is 0.239 e. The zero-order chi connectivity index (χ0) is 9.47. The quantitative estimate of drug-likeness (QED) is 0.732. The van der Waals surface area contributed by atoms with Gasteiger partial charge in [0.15, 0.2) is 0 Å². The predicted molar refractivity (Wildman–Crippen MR) is 59.4 cm³/mol. The third-order valence-electron chi connectivity index (χ3n) is 1.75. The lowest BCUT2D eigenvalue weighted by Gasteiger charge is -2.14. The van der Waals surface area contributed by atoms with Crippen molar-refractivity contribution < 1.29 is 0 Å². The van der Waals surface area contributed by atoms with Gasteiger partial charge in [-0.1, -0.05) is 0 Å². The number of hydrogen-bond donors (Lipinski definition) is 1. The van der Waals surface area contributed by atoms with E-state index in [1.807, 2.05) is 31.5 Å². The van der Waals surface area contributed by atoms with E-state index in [1.54, 1.807) is 11.3 Å². The Hall–Kier alpha value is -0.610. The molecule has 2 aromatic heterocycles. The Bertz CT molecular complexity index is 428. The van der Waals surface area contributed by atoms with Gasteiger partial charge >= 0.3 is 0 Å². The van der Waals surface area contributed by atoms with Crippen molar-refractivity contribution in [3.63, 3.8) is 0 Å². The van der Waals surface area contributed by atoms with Crippen LogP contribution in [-0.2, 0) is 4.75 Å². The Morgan fingerprint density at radius 2 is 2.23 bits per heavy atom. The minimum absolute atomic E-state index is 0.266. The zero-order valence-corrected chi connectivity index (χ0v) is 9.19. The van der Waals surface area contributed by atoms with Gasteiger partial charge in [-0.3, -0.25) is 0 Å². The van der Waals surface area contributed by atoms with E-state index in [-0.39, 0.29) is 4.75 Å². The summed E-state index contributed by atoms with van der Waals surface area (Å²) in [5, 5.41) is 3.13. The van der Waals surface area contributed by atoms with Crippen LogP contribution in [0.4, 0.5) is 0 Å². The Balaban J connectivity index is 2.61. The maximum absolute atomic E-state index is 4.44. The summed E-state index contributed by atoms with van der Waals surface area (Å²) in [5.74, 6) is 0.783. The molecule has 13 heavy (non-hydrogen) atoms. The molecule has 0 aliphatic heterocycles. The van der Waals surface area contributed by atoms with Crippen molar-refractivity contribution in [2.24, 2.45) is 0 Å². The first-order chi connectivity index (χ1) is 6.07. The van der Waals surface area contributed by atoms with Crippen LogP contribution in [0.25, 0.3) is 10.2 Å². The van der Waals surface area contributed by atoms with E-state index in [2.05, 4.69) is 22.6 Å². The number of rotatable bonds is 1. The summed E-state index contributed by atoms with van der Waals surface area (Å²) in [6, 6.07) is 2.02. The standard InChI is InChI=1S/C9H10N2S2/c1-9(2,12)8-10-5-6-3-4-13-7(6)11-8/h3-5,12H,1-2H3. The minimum atomic E-state index is -0.266. The summed E-state index contributed by atoms with van der Waals surface area (Å²) in [7, 11) is 0. The highest BCUT2D eigenvalue weighted by atomic mass is 32.1. The lowest BCUT2D eigenvalue weighted by molar-refractivity contribution is 0.722. The summed E-state index contributed by atoms with van der Waals surface area (Å²) in [6.07, 6.45) is 1.85. The molecule has 0 saturated heterocycles. The number of nitrogens with zero attached hydrogens (tertiary/aromatic N) is 2. The van der Waals surface area contributed by atoms with Crippen LogP contribution >= 0.6 is 24.0 Å². The molecule has 68 valence electrons. The van der Waals surface area contributed by atoms with Crippen LogP contribution in [0.15, 0.2) is 17.6 Å². The summed E-state index contributed by atoms with van der Waals surface area (Å²) >= 11 is 6.06. The number of aromatic nitrogens is 2. The topological polar surface area (TPSA) is 25.8 Å². The monoisotopic (exact) mass is 210 g/mol. The second-order valence-corrected chi connectivity index (χ2v) is 5.45. The van der Waals surface area contributed by atoms with Gasteiger partial charge in [0.1, 0.15) is 10.7 Å². The first kappa shape index (κ1) is 8.97. The summed E-state index contributed by atoms with van der Waals surface area (Å²) in [6.45, 7) is 3.98. The van der Waals surface area contributed by atoms with Crippen LogP contribution in [0, 0.1) is 0 Å². The van der Waals surface area contributed by atoms with Gasteiger partial charge in [-0.25, -0.2) is 9.97 Å². The predicted octanol–water partition coefficient (Wildman–Crippen LogP) is 2.86. The third-order valence-corrected chi connectivity index (χ3v) is 2.78. The average Bonchev–Trinajstić information content (AvgIpc) is 2.47. The highest BCUT2D eigenvalue weighted by Gasteiger charge is 2.18. The molecule has 0 aromatic carbocycles. The van der Waals surface area contributed by atoms with E-state index in [1.165, 1.54) is 0 Å². The molecule has 0 N–H and O–H groups in total. The number of hydrogen-bond acceptors (Lipinski definition) is 4. The molecule has 0 bridgehead atoms. The molecule has 0 fully saturated rings. The van der Waals surface area contributed by atoms with Gasteiger partial charge in [0.25, 0.3) is 0 Å². The Morgan fingerprint density at radius 3 is 2.92 bits per heavy atom. The molecule has 4 heteroatoms. The van der Waals surface area contributed by atoms with Crippen molar-refractivity contribution in [1.82, 2.24) is 9.97 Å². The van der Waals surface area contributed by atoms with Gasteiger partial charge in [-0.15, -0.1) is 11.3 Å². The molecule has 0 atom stereocenters.